The van der Waals surface area contributed by atoms with Crippen molar-refractivity contribution in [2.45, 2.75) is 26.9 Å². The fraction of sp³-hybridized carbons (Fsp3) is 0.400. The zero-order valence-corrected chi connectivity index (χ0v) is 17.6. The minimum absolute atomic E-state index is 0.0354. The molecule has 0 unspecified atom stereocenters. The lowest BCUT2D eigenvalue weighted by atomic mass is 10.2. The van der Waals surface area contributed by atoms with Crippen molar-refractivity contribution in [1.82, 2.24) is 15.5 Å². The maximum absolute atomic E-state index is 11.9. The molecule has 0 aliphatic carbocycles. The number of carbonyl (C=O) groups excluding carboxylic acids is 1. The summed E-state index contributed by atoms with van der Waals surface area (Å²) in [5, 5.41) is 11.7. The maximum Gasteiger partial charge on any atom is 0.230 e. The minimum Gasteiger partial charge on any atom is -0.352 e. The molecule has 1 aromatic heterocycles. The van der Waals surface area contributed by atoms with Crippen LogP contribution >= 0.6 is 46.5 Å². The van der Waals surface area contributed by atoms with Gasteiger partial charge in [-0.05, 0) is 24.1 Å². The number of nitrogens with one attached hydrogen (secondary N) is 1. The number of hydrogen-bond acceptors (Lipinski definition) is 8. The minimum atomic E-state index is -2.99. The fourth-order valence-corrected chi connectivity index (χ4v) is 6.93. The molecule has 1 atom stereocenters. The molecule has 0 radical (unpaired) electrons. The van der Waals surface area contributed by atoms with Crippen LogP contribution in [0.4, 0.5) is 0 Å². The first-order valence-electron chi connectivity index (χ1n) is 7.73. The lowest BCUT2D eigenvalue weighted by molar-refractivity contribution is -0.119. The first-order chi connectivity index (χ1) is 12.4. The molecule has 6 nitrogen and oxygen atoms in total. The number of sulfone groups is 1. The number of hydrogen-bond donors (Lipinski definition) is 1. The van der Waals surface area contributed by atoms with Crippen molar-refractivity contribution >= 4 is 62.2 Å². The Morgan fingerprint density at radius 3 is 2.58 bits per heavy atom. The molecule has 1 N–H and O–H groups in total. The standard InChI is InChI=1S/C15H16ClN3O3S4/c16-11-3-1-10(2-4-11)7-23-14-18-19-15(25-14)24-8-13(20)17-12-5-6-26(21,22)9-12/h1-4,12H,5-9H2,(H,17,20)/t12-/m0/s1. The molecule has 3 rings (SSSR count). The maximum atomic E-state index is 11.9. The lowest BCUT2D eigenvalue weighted by Crippen LogP contribution is -2.36. The van der Waals surface area contributed by atoms with Crippen molar-refractivity contribution in [3.8, 4) is 0 Å². The summed E-state index contributed by atoms with van der Waals surface area (Å²) < 4.78 is 24.4. The summed E-state index contributed by atoms with van der Waals surface area (Å²) in [7, 11) is -2.99. The van der Waals surface area contributed by atoms with E-state index in [-0.39, 0.29) is 29.2 Å². The van der Waals surface area contributed by atoms with Gasteiger partial charge in [-0.1, -0.05) is 58.6 Å². The Bertz CT molecular complexity index is 871. The third-order valence-electron chi connectivity index (χ3n) is 3.59. The lowest BCUT2D eigenvalue weighted by Gasteiger charge is -2.09. The second kappa shape index (κ2) is 8.92. The Labute approximate surface area is 169 Å². The van der Waals surface area contributed by atoms with Crippen molar-refractivity contribution < 1.29 is 13.2 Å². The predicted octanol–water partition coefficient (Wildman–Crippen LogP) is 2.88. The van der Waals surface area contributed by atoms with E-state index >= 15 is 0 Å². The molecule has 1 aromatic carbocycles. The highest BCUT2D eigenvalue weighted by molar-refractivity contribution is 8.03. The van der Waals surface area contributed by atoms with Gasteiger partial charge in [-0.3, -0.25) is 4.79 Å². The highest BCUT2D eigenvalue weighted by Crippen LogP contribution is 2.30. The largest absolute Gasteiger partial charge is 0.352 e. The van der Waals surface area contributed by atoms with E-state index in [1.54, 1.807) is 11.8 Å². The van der Waals surface area contributed by atoms with Gasteiger partial charge in [-0.2, -0.15) is 0 Å². The van der Waals surface area contributed by atoms with Crippen LogP contribution in [0.1, 0.15) is 12.0 Å². The van der Waals surface area contributed by atoms with Gasteiger partial charge in [0.1, 0.15) is 0 Å². The normalized spacial score (nSPS) is 18.7. The average Bonchev–Trinajstić information content (AvgIpc) is 3.18. The van der Waals surface area contributed by atoms with Gasteiger partial charge in [0.15, 0.2) is 18.5 Å². The van der Waals surface area contributed by atoms with E-state index in [4.69, 9.17) is 11.6 Å². The van der Waals surface area contributed by atoms with Gasteiger partial charge in [0.05, 0.1) is 17.3 Å². The zero-order chi connectivity index (χ0) is 18.6. The van der Waals surface area contributed by atoms with Crippen LogP contribution in [0.15, 0.2) is 32.9 Å². The van der Waals surface area contributed by atoms with Gasteiger partial charge in [-0.25, -0.2) is 8.42 Å². The van der Waals surface area contributed by atoms with Gasteiger partial charge in [-0.15, -0.1) is 10.2 Å². The Morgan fingerprint density at radius 1 is 1.23 bits per heavy atom. The molecule has 1 saturated heterocycles. The molecule has 140 valence electrons. The van der Waals surface area contributed by atoms with Crippen LogP contribution in [0.3, 0.4) is 0 Å². The van der Waals surface area contributed by atoms with Crippen molar-refractivity contribution in [2.24, 2.45) is 0 Å². The van der Waals surface area contributed by atoms with E-state index in [9.17, 15) is 13.2 Å². The average molecular weight is 450 g/mol. The molecule has 1 aliphatic heterocycles. The van der Waals surface area contributed by atoms with Crippen LogP contribution in [0.5, 0.6) is 0 Å². The van der Waals surface area contributed by atoms with Crippen LogP contribution in [0.2, 0.25) is 5.02 Å². The summed E-state index contributed by atoms with van der Waals surface area (Å²) in [6.07, 6.45) is 0.489. The van der Waals surface area contributed by atoms with Crippen molar-refractivity contribution in [1.29, 1.82) is 0 Å². The summed E-state index contributed by atoms with van der Waals surface area (Å²) >= 11 is 10.2. The highest BCUT2D eigenvalue weighted by Gasteiger charge is 2.28. The van der Waals surface area contributed by atoms with E-state index in [2.05, 4.69) is 15.5 Å². The first kappa shape index (κ1) is 19.9. The fourth-order valence-electron chi connectivity index (χ4n) is 2.34. The molecule has 1 fully saturated rings. The van der Waals surface area contributed by atoms with Crippen LogP contribution < -0.4 is 5.32 Å². The molecule has 11 heteroatoms. The Morgan fingerprint density at radius 2 is 1.92 bits per heavy atom. The molecule has 2 aromatic rings. The van der Waals surface area contributed by atoms with E-state index in [0.717, 1.165) is 20.0 Å². The van der Waals surface area contributed by atoms with Crippen molar-refractivity contribution in [2.75, 3.05) is 17.3 Å². The zero-order valence-electron chi connectivity index (χ0n) is 13.6. The molecule has 0 spiro atoms. The second-order valence-electron chi connectivity index (χ2n) is 5.71. The summed E-state index contributed by atoms with van der Waals surface area (Å²) in [5.74, 6) is 0.978. The van der Waals surface area contributed by atoms with Gasteiger partial charge < -0.3 is 5.32 Å². The van der Waals surface area contributed by atoms with Crippen LogP contribution in [0.25, 0.3) is 0 Å². The summed E-state index contributed by atoms with van der Waals surface area (Å²) in [5.41, 5.74) is 1.15. The molecular formula is C15H16ClN3O3S4. The third kappa shape index (κ3) is 6.12. The van der Waals surface area contributed by atoms with Crippen molar-refractivity contribution in [3.05, 3.63) is 34.9 Å². The van der Waals surface area contributed by atoms with Gasteiger partial charge in [0.2, 0.25) is 5.91 Å². The van der Waals surface area contributed by atoms with E-state index in [0.29, 0.717) is 11.4 Å². The van der Waals surface area contributed by atoms with Crippen LogP contribution in [0, 0.1) is 0 Å². The third-order valence-corrected chi connectivity index (χ3v) is 8.87. The number of rotatable bonds is 7. The smallest absolute Gasteiger partial charge is 0.230 e. The Kier molecular flexibility index (Phi) is 6.84. The predicted molar refractivity (Wildman–Crippen MR) is 107 cm³/mol. The van der Waals surface area contributed by atoms with Gasteiger partial charge in [0.25, 0.3) is 0 Å². The number of amides is 1. The van der Waals surface area contributed by atoms with Crippen LogP contribution in [-0.2, 0) is 20.4 Å². The number of halogens is 1. The number of aromatic nitrogens is 2. The highest BCUT2D eigenvalue weighted by atomic mass is 35.5. The molecule has 1 amide bonds. The van der Waals surface area contributed by atoms with Crippen molar-refractivity contribution in [3.63, 3.8) is 0 Å². The number of nitrogens with zero attached hydrogens (tertiary/aromatic N) is 2. The summed E-state index contributed by atoms with van der Waals surface area (Å²) in [6, 6.07) is 7.38. The topological polar surface area (TPSA) is 89.0 Å². The molecule has 0 saturated carbocycles. The number of thioether (sulfide) groups is 2. The number of benzene rings is 1. The Balaban J connectivity index is 1.42. The molecule has 26 heavy (non-hydrogen) atoms. The van der Waals surface area contributed by atoms with E-state index < -0.39 is 9.84 Å². The van der Waals surface area contributed by atoms with E-state index in [1.807, 2.05) is 24.3 Å². The molecular weight excluding hydrogens is 434 g/mol. The van der Waals surface area contributed by atoms with Gasteiger partial charge >= 0.3 is 0 Å². The summed E-state index contributed by atoms with van der Waals surface area (Å²) in [4.78, 5) is 11.9. The van der Waals surface area contributed by atoms with Crippen LogP contribution in [-0.4, -0.2) is 47.8 Å². The second-order valence-corrected chi connectivity index (χ2v) is 11.8. The van der Waals surface area contributed by atoms with Gasteiger partial charge in [0, 0.05) is 16.8 Å². The van der Waals surface area contributed by atoms with E-state index in [1.165, 1.54) is 23.1 Å². The number of carbonyl (C=O) groups is 1. The first-order valence-corrected chi connectivity index (χ1v) is 12.7. The monoisotopic (exact) mass is 449 g/mol. The molecule has 1 aliphatic rings. The summed E-state index contributed by atoms with van der Waals surface area (Å²) in [6.45, 7) is 0. The Hall–Kier alpha value is -0.810. The quantitative estimate of drug-likeness (QED) is 0.650. The molecule has 2 heterocycles. The molecule has 0 bridgehead atoms. The SMILES string of the molecule is O=C(CSc1nnc(SCc2ccc(Cl)cc2)s1)N[C@H]1CCS(=O)(=O)C1.